The maximum absolute atomic E-state index is 11.9. The van der Waals surface area contributed by atoms with Crippen LogP contribution in [-0.4, -0.2) is 55.1 Å². The monoisotopic (exact) mass is 238 g/mol. The third-order valence-electron chi connectivity index (χ3n) is 3.23. The van der Waals surface area contributed by atoms with Gasteiger partial charge < -0.3 is 15.5 Å². The van der Waals surface area contributed by atoms with E-state index in [0.29, 0.717) is 26.1 Å². The summed E-state index contributed by atoms with van der Waals surface area (Å²) in [5, 5.41) is 9.16. The van der Waals surface area contributed by atoms with E-state index in [2.05, 4.69) is 22.5 Å². The molecule has 94 valence electrons. The number of amides is 2. The Hall–Kier alpha value is -1.40. The molecular weight excluding hydrogens is 220 g/mol. The number of nitrogens with zero attached hydrogens (tertiary/aromatic N) is 1. The van der Waals surface area contributed by atoms with Gasteiger partial charge >= 0.3 is 11.8 Å². The SMILES string of the molecule is C=CCC1(N2CCNC(=O)C2=O)CNCCN1. The second-order valence-electron chi connectivity index (χ2n) is 4.34. The average Bonchev–Trinajstić information content (AvgIpc) is 2.34. The van der Waals surface area contributed by atoms with Crippen LogP contribution in [0.25, 0.3) is 0 Å². The summed E-state index contributed by atoms with van der Waals surface area (Å²) in [5.74, 6) is -0.985. The number of hydrogen-bond acceptors (Lipinski definition) is 4. The third kappa shape index (κ3) is 2.18. The zero-order valence-corrected chi connectivity index (χ0v) is 9.79. The average molecular weight is 238 g/mol. The minimum absolute atomic E-state index is 0.464. The van der Waals surface area contributed by atoms with E-state index < -0.39 is 17.5 Å². The van der Waals surface area contributed by atoms with Gasteiger partial charge in [0.2, 0.25) is 0 Å². The van der Waals surface area contributed by atoms with Crippen LogP contribution in [-0.2, 0) is 9.59 Å². The number of piperazine rings is 2. The van der Waals surface area contributed by atoms with Crippen LogP contribution < -0.4 is 16.0 Å². The van der Waals surface area contributed by atoms with E-state index in [4.69, 9.17) is 0 Å². The Morgan fingerprint density at radius 3 is 2.82 bits per heavy atom. The molecule has 2 amide bonds. The van der Waals surface area contributed by atoms with Gasteiger partial charge in [0.25, 0.3) is 0 Å². The summed E-state index contributed by atoms with van der Waals surface area (Å²) >= 11 is 0. The van der Waals surface area contributed by atoms with Gasteiger partial charge in [0.15, 0.2) is 0 Å². The molecule has 2 heterocycles. The van der Waals surface area contributed by atoms with Crippen LogP contribution in [0.4, 0.5) is 0 Å². The Balaban J connectivity index is 2.22. The van der Waals surface area contributed by atoms with Gasteiger partial charge in [0.05, 0.1) is 0 Å². The van der Waals surface area contributed by atoms with E-state index in [-0.39, 0.29) is 0 Å². The number of hydrogen-bond donors (Lipinski definition) is 3. The van der Waals surface area contributed by atoms with Gasteiger partial charge in [-0.1, -0.05) is 6.08 Å². The molecular formula is C11H18N4O2. The van der Waals surface area contributed by atoms with Crippen LogP contribution in [0.3, 0.4) is 0 Å². The van der Waals surface area contributed by atoms with Crippen molar-refractivity contribution in [1.29, 1.82) is 0 Å². The molecule has 6 heteroatoms. The van der Waals surface area contributed by atoms with Gasteiger partial charge in [0.1, 0.15) is 5.66 Å². The molecule has 0 radical (unpaired) electrons. The van der Waals surface area contributed by atoms with E-state index in [1.54, 1.807) is 11.0 Å². The maximum atomic E-state index is 11.9. The molecule has 2 saturated heterocycles. The summed E-state index contributed by atoms with van der Waals surface area (Å²) in [5.41, 5.74) is -0.505. The van der Waals surface area contributed by atoms with Crippen LogP contribution in [0.2, 0.25) is 0 Å². The first-order valence-electron chi connectivity index (χ1n) is 5.86. The van der Waals surface area contributed by atoms with Crippen molar-refractivity contribution in [2.24, 2.45) is 0 Å². The lowest BCUT2D eigenvalue weighted by Crippen LogP contribution is -2.72. The lowest BCUT2D eigenvalue weighted by molar-refractivity contribution is -0.154. The first-order valence-corrected chi connectivity index (χ1v) is 5.86. The molecule has 6 nitrogen and oxygen atoms in total. The Morgan fingerprint density at radius 2 is 2.18 bits per heavy atom. The van der Waals surface area contributed by atoms with Gasteiger partial charge in [0, 0.05) is 39.1 Å². The highest BCUT2D eigenvalue weighted by Gasteiger charge is 2.43. The zero-order chi connectivity index (χ0) is 12.3. The van der Waals surface area contributed by atoms with Crippen LogP contribution in [0.15, 0.2) is 12.7 Å². The van der Waals surface area contributed by atoms with E-state index in [9.17, 15) is 9.59 Å². The fourth-order valence-electron chi connectivity index (χ4n) is 2.41. The normalized spacial score (nSPS) is 30.0. The molecule has 0 aromatic heterocycles. The molecule has 2 rings (SSSR count). The molecule has 0 aromatic rings. The Kier molecular flexibility index (Phi) is 3.44. The molecule has 1 unspecified atom stereocenters. The molecule has 2 aliphatic heterocycles. The smallest absolute Gasteiger partial charge is 0.313 e. The molecule has 0 spiro atoms. The molecule has 0 saturated carbocycles. The van der Waals surface area contributed by atoms with E-state index in [1.807, 2.05) is 0 Å². The van der Waals surface area contributed by atoms with Gasteiger partial charge in [-0.05, 0) is 0 Å². The lowest BCUT2D eigenvalue weighted by atomic mass is 10.00. The summed E-state index contributed by atoms with van der Waals surface area (Å²) in [6.45, 7) is 7.05. The fourth-order valence-corrected chi connectivity index (χ4v) is 2.41. The number of nitrogens with one attached hydrogen (secondary N) is 3. The van der Waals surface area contributed by atoms with Crippen molar-refractivity contribution < 1.29 is 9.59 Å². The van der Waals surface area contributed by atoms with E-state index in [1.165, 1.54) is 0 Å². The third-order valence-corrected chi connectivity index (χ3v) is 3.23. The molecule has 0 aromatic carbocycles. The summed E-state index contributed by atoms with van der Waals surface area (Å²) in [7, 11) is 0. The maximum Gasteiger partial charge on any atom is 0.313 e. The van der Waals surface area contributed by atoms with Crippen LogP contribution in [0.5, 0.6) is 0 Å². The van der Waals surface area contributed by atoms with Crippen molar-refractivity contribution in [3.05, 3.63) is 12.7 Å². The molecule has 1 atom stereocenters. The summed E-state index contributed by atoms with van der Waals surface area (Å²) in [6.07, 6.45) is 2.40. The predicted octanol–water partition coefficient (Wildman–Crippen LogP) is -1.59. The van der Waals surface area contributed by atoms with Crippen LogP contribution in [0, 0.1) is 0 Å². The highest BCUT2D eigenvalue weighted by Crippen LogP contribution is 2.20. The topological polar surface area (TPSA) is 73.5 Å². The van der Waals surface area contributed by atoms with Crippen molar-refractivity contribution in [3.63, 3.8) is 0 Å². The number of carbonyl (C=O) groups excluding carboxylic acids is 2. The Bertz CT molecular complexity index is 336. The lowest BCUT2D eigenvalue weighted by Gasteiger charge is -2.47. The second-order valence-corrected chi connectivity index (χ2v) is 4.34. The van der Waals surface area contributed by atoms with E-state index in [0.717, 1.165) is 13.1 Å². The predicted molar refractivity (Wildman–Crippen MR) is 63.1 cm³/mol. The standard InChI is InChI=1S/C11H18N4O2/c1-2-3-11(8-12-4-5-14-11)15-7-6-13-9(16)10(15)17/h2,12,14H,1,3-8H2,(H,13,16). The van der Waals surface area contributed by atoms with Crippen molar-refractivity contribution in [2.45, 2.75) is 12.1 Å². The van der Waals surface area contributed by atoms with Crippen molar-refractivity contribution in [2.75, 3.05) is 32.7 Å². The van der Waals surface area contributed by atoms with Gasteiger partial charge in [-0.15, -0.1) is 6.58 Å². The van der Waals surface area contributed by atoms with E-state index >= 15 is 0 Å². The second kappa shape index (κ2) is 4.85. The summed E-state index contributed by atoms with van der Waals surface area (Å²) in [6, 6.07) is 0. The highest BCUT2D eigenvalue weighted by atomic mass is 16.2. The largest absolute Gasteiger partial charge is 0.346 e. The fraction of sp³-hybridized carbons (Fsp3) is 0.636. The quantitative estimate of drug-likeness (QED) is 0.409. The summed E-state index contributed by atoms with van der Waals surface area (Å²) < 4.78 is 0. The zero-order valence-electron chi connectivity index (χ0n) is 9.79. The molecule has 2 aliphatic rings. The minimum atomic E-state index is -0.521. The molecule has 3 N–H and O–H groups in total. The van der Waals surface area contributed by atoms with Crippen molar-refractivity contribution >= 4 is 11.8 Å². The van der Waals surface area contributed by atoms with Crippen LogP contribution >= 0.6 is 0 Å². The number of rotatable bonds is 3. The molecule has 2 fully saturated rings. The number of carbonyl (C=O) groups is 2. The van der Waals surface area contributed by atoms with Crippen molar-refractivity contribution in [1.82, 2.24) is 20.9 Å². The molecule has 0 aliphatic carbocycles. The Morgan fingerprint density at radius 1 is 1.35 bits per heavy atom. The highest BCUT2D eigenvalue weighted by molar-refractivity contribution is 6.35. The van der Waals surface area contributed by atoms with Gasteiger partial charge in [-0.3, -0.25) is 14.9 Å². The first-order chi connectivity index (χ1) is 8.19. The van der Waals surface area contributed by atoms with Crippen molar-refractivity contribution in [3.8, 4) is 0 Å². The first kappa shape index (κ1) is 12.1. The van der Waals surface area contributed by atoms with Gasteiger partial charge in [-0.2, -0.15) is 0 Å². The summed E-state index contributed by atoms with van der Waals surface area (Å²) in [4.78, 5) is 25.0. The Labute approximate surface area is 100 Å². The molecule has 0 bridgehead atoms. The van der Waals surface area contributed by atoms with Gasteiger partial charge in [-0.25, -0.2) is 0 Å². The minimum Gasteiger partial charge on any atom is -0.346 e. The molecule has 17 heavy (non-hydrogen) atoms. The van der Waals surface area contributed by atoms with Crippen LogP contribution in [0.1, 0.15) is 6.42 Å².